The molecule has 0 aliphatic heterocycles. The number of aryl methyl sites for hydroxylation is 2. The monoisotopic (exact) mass is 248 g/mol. The van der Waals surface area contributed by atoms with Crippen LogP contribution in [-0.4, -0.2) is 17.7 Å². The third-order valence-corrected chi connectivity index (χ3v) is 2.89. The quantitative estimate of drug-likeness (QED) is 0.845. The summed E-state index contributed by atoms with van der Waals surface area (Å²) in [7, 11) is 0. The molecule has 1 heterocycles. The van der Waals surface area contributed by atoms with E-state index in [9.17, 15) is 9.90 Å². The molecule has 0 aliphatic rings. The molecule has 1 N–H and O–H groups in total. The maximum absolute atomic E-state index is 11.3. The van der Waals surface area contributed by atoms with Gasteiger partial charge in [0.05, 0.1) is 18.4 Å². The highest BCUT2D eigenvalue weighted by Crippen LogP contribution is 2.32. The summed E-state index contributed by atoms with van der Waals surface area (Å²) in [6, 6.07) is 5.16. The molecule has 0 aliphatic carbocycles. The molecule has 0 unspecified atom stereocenters. The van der Waals surface area contributed by atoms with Gasteiger partial charge in [0.15, 0.2) is 0 Å². The van der Waals surface area contributed by atoms with Crippen molar-refractivity contribution < 1.29 is 19.1 Å². The van der Waals surface area contributed by atoms with Gasteiger partial charge in [0.25, 0.3) is 0 Å². The fourth-order valence-electron chi connectivity index (χ4n) is 2.02. The van der Waals surface area contributed by atoms with Crippen molar-refractivity contribution in [3.05, 3.63) is 29.5 Å². The molecule has 0 spiro atoms. The van der Waals surface area contributed by atoms with Crippen molar-refractivity contribution in [2.75, 3.05) is 6.61 Å². The molecule has 0 amide bonds. The number of carbonyl (C=O) groups excluding carboxylic acids is 1. The van der Waals surface area contributed by atoms with Crippen molar-refractivity contribution in [1.82, 2.24) is 0 Å². The van der Waals surface area contributed by atoms with E-state index in [0.717, 1.165) is 16.7 Å². The lowest BCUT2D eigenvalue weighted by molar-refractivity contribution is -0.143. The average molecular weight is 248 g/mol. The predicted molar refractivity (Wildman–Crippen MR) is 67.6 cm³/mol. The topological polar surface area (TPSA) is 59.7 Å². The van der Waals surface area contributed by atoms with Crippen LogP contribution in [0.4, 0.5) is 0 Å². The minimum absolute atomic E-state index is 0.205. The molecule has 4 nitrogen and oxygen atoms in total. The highest BCUT2D eigenvalue weighted by Gasteiger charge is 2.14. The van der Waals surface area contributed by atoms with E-state index >= 15 is 0 Å². The second-order valence-corrected chi connectivity index (χ2v) is 4.11. The van der Waals surface area contributed by atoms with Gasteiger partial charge in [-0.3, -0.25) is 4.79 Å². The lowest BCUT2D eigenvalue weighted by Crippen LogP contribution is -2.05. The third-order valence-electron chi connectivity index (χ3n) is 2.89. The molecule has 2 rings (SSSR count). The van der Waals surface area contributed by atoms with Crippen molar-refractivity contribution in [3.8, 4) is 5.75 Å². The van der Waals surface area contributed by atoms with E-state index in [1.807, 2.05) is 6.92 Å². The van der Waals surface area contributed by atoms with Gasteiger partial charge in [-0.15, -0.1) is 0 Å². The largest absolute Gasteiger partial charge is 0.507 e. The second kappa shape index (κ2) is 5.12. The van der Waals surface area contributed by atoms with Crippen LogP contribution in [0.5, 0.6) is 5.75 Å². The fraction of sp³-hybridized carbons (Fsp3) is 0.357. The molecule has 0 bridgehead atoms. The lowest BCUT2D eigenvalue weighted by atomic mass is 10.1. The van der Waals surface area contributed by atoms with Gasteiger partial charge in [-0.05, 0) is 26.0 Å². The Hall–Kier alpha value is -1.97. The van der Waals surface area contributed by atoms with Gasteiger partial charge in [0.2, 0.25) is 0 Å². The van der Waals surface area contributed by atoms with Crippen molar-refractivity contribution in [2.24, 2.45) is 0 Å². The van der Waals surface area contributed by atoms with Gasteiger partial charge < -0.3 is 14.3 Å². The Labute approximate surface area is 105 Å². The van der Waals surface area contributed by atoms with Gasteiger partial charge in [0, 0.05) is 12.0 Å². The number of phenolic OH excluding ortho intramolecular Hbond substituents is 1. The fourth-order valence-corrected chi connectivity index (χ4v) is 2.02. The molecule has 1 aromatic carbocycles. The molecule has 0 saturated carbocycles. The van der Waals surface area contributed by atoms with Crippen LogP contribution in [-0.2, 0) is 16.0 Å². The summed E-state index contributed by atoms with van der Waals surface area (Å²) in [5.41, 5.74) is 1.53. The summed E-state index contributed by atoms with van der Waals surface area (Å²) < 4.78 is 10.5. The molecule has 0 radical (unpaired) electrons. The van der Waals surface area contributed by atoms with E-state index in [2.05, 4.69) is 0 Å². The van der Waals surface area contributed by atoms with Crippen LogP contribution < -0.4 is 0 Å². The molecule has 96 valence electrons. The van der Waals surface area contributed by atoms with E-state index in [1.165, 1.54) is 0 Å². The van der Waals surface area contributed by atoms with E-state index in [-0.39, 0.29) is 18.1 Å². The van der Waals surface area contributed by atoms with Crippen molar-refractivity contribution in [1.29, 1.82) is 0 Å². The first-order chi connectivity index (χ1) is 8.63. The molecule has 0 fully saturated rings. The zero-order valence-electron chi connectivity index (χ0n) is 10.5. The zero-order chi connectivity index (χ0) is 13.1. The number of hydrogen-bond acceptors (Lipinski definition) is 4. The van der Waals surface area contributed by atoms with Gasteiger partial charge in [-0.25, -0.2) is 0 Å². The zero-order valence-corrected chi connectivity index (χ0v) is 10.5. The van der Waals surface area contributed by atoms with Crippen molar-refractivity contribution >= 4 is 16.9 Å². The van der Waals surface area contributed by atoms with E-state index in [1.54, 1.807) is 25.1 Å². The van der Waals surface area contributed by atoms with Crippen LogP contribution in [0.1, 0.15) is 24.7 Å². The maximum Gasteiger partial charge on any atom is 0.306 e. The standard InChI is InChI=1S/C14H16O4/c1-3-17-13(16)8-7-11-9(2)14-10(15)5-4-6-12(14)18-11/h4-6,15H,3,7-8H2,1-2H3. The lowest BCUT2D eigenvalue weighted by Gasteiger charge is -2.00. The number of ether oxygens (including phenoxy) is 1. The number of fused-ring (bicyclic) bond motifs is 1. The number of benzene rings is 1. The third kappa shape index (κ3) is 2.32. The summed E-state index contributed by atoms with van der Waals surface area (Å²) >= 11 is 0. The molecule has 2 aromatic rings. The first kappa shape index (κ1) is 12.5. The van der Waals surface area contributed by atoms with Crippen molar-refractivity contribution in [2.45, 2.75) is 26.7 Å². The van der Waals surface area contributed by atoms with Crippen LogP contribution >= 0.6 is 0 Å². The van der Waals surface area contributed by atoms with Crippen LogP contribution in [0.25, 0.3) is 11.0 Å². The van der Waals surface area contributed by atoms with E-state index in [4.69, 9.17) is 9.15 Å². The summed E-state index contributed by atoms with van der Waals surface area (Å²) in [5.74, 6) is 0.692. The number of aromatic hydroxyl groups is 1. The first-order valence-electron chi connectivity index (χ1n) is 5.99. The summed E-state index contributed by atoms with van der Waals surface area (Å²) in [4.78, 5) is 11.3. The molecule has 0 saturated heterocycles. The minimum Gasteiger partial charge on any atom is -0.507 e. The van der Waals surface area contributed by atoms with Crippen LogP contribution in [0.2, 0.25) is 0 Å². The molecule has 18 heavy (non-hydrogen) atoms. The smallest absolute Gasteiger partial charge is 0.306 e. The van der Waals surface area contributed by atoms with Crippen LogP contribution in [0, 0.1) is 6.92 Å². The number of rotatable bonds is 4. The Morgan fingerprint density at radius 1 is 1.44 bits per heavy atom. The van der Waals surface area contributed by atoms with Gasteiger partial charge >= 0.3 is 5.97 Å². The van der Waals surface area contributed by atoms with Gasteiger partial charge in [0.1, 0.15) is 17.1 Å². The predicted octanol–water partition coefficient (Wildman–Crippen LogP) is 2.94. The van der Waals surface area contributed by atoms with Crippen LogP contribution in [0.15, 0.2) is 22.6 Å². The molecule has 0 atom stereocenters. The SMILES string of the molecule is CCOC(=O)CCc1oc2cccc(O)c2c1C. The number of furan rings is 1. The summed E-state index contributed by atoms with van der Waals surface area (Å²) in [6.45, 7) is 4.05. The van der Waals surface area contributed by atoms with E-state index in [0.29, 0.717) is 18.6 Å². The highest BCUT2D eigenvalue weighted by atomic mass is 16.5. The summed E-state index contributed by atoms with van der Waals surface area (Å²) in [6.07, 6.45) is 0.772. The Morgan fingerprint density at radius 2 is 2.22 bits per heavy atom. The summed E-state index contributed by atoms with van der Waals surface area (Å²) in [5, 5.41) is 10.5. The Morgan fingerprint density at radius 3 is 2.89 bits per heavy atom. The minimum atomic E-state index is -0.235. The van der Waals surface area contributed by atoms with Crippen molar-refractivity contribution in [3.63, 3.8) is 0 Å². The molecular weight excluding hydrogens is 232 g/mol. The number of esters is 1. The Balaban J connectivity index is 2.22. The van der Waals surface area contributed by atoms with Crippen LogP contribution in [0.3, 0.4) is 0 Å². The normalized spacial score (nSPS) is 10.8. The number of hydrogen-bond donors (Lipinski definition) is 1. The molecular formula is C14H16O4. The number of carbonyl (C=O) groups is 1. The molecule has 4 heteroatoms. The Kier molecular flexibility index (Phi) is 3.55. The van der Waals surface area contributed by atoms with Gasteiger partial charge in [-0.1, -0.05) is 6.07 Å². The highest BCUT2D eigenvalue weighted by molar-refractivity contribution is 5.88. The molecule has 1 aromatic heterocycles. The van der Waals surface area contributed by atoms with Gasteiger partial charge in [-0.2, -0.15) is 0 Å². The Bertz CT molecular complexity index is 568. The number of phenols is 1. The van der Waals surface area contributed by atoms with E-state index < -0.39 is 0 Å². The second-order valence-electron chi connectivity index (χ2n) is 4.11. The average Bonchev–Trinajstić information content (AvgIpc) is 2.65. The maximum atomic E-state index is 11.3. The first-order valence-corrected chi connectivity index (χ1v) is 5.99.